The van der Waals surface area contributed by atoms with E-state index in [2.05, 4.69) is 10.2 Å². The summed E-state index contributed by atoms with van der Waals surface area (Å²) in [6.07, 6.45) is 2.05. The number of aromatic nitrogens is 2. The number of carbonyl (C=O) groups is 1. The van der Waals surface area contributed by atoms with Gasteiger partial charge in [0.15, 0.2) is 5.69 Å². The third-order valence-corrected chi connectivity index (χ3v) is 4.02. The normalized spacial score (nSPS) is 11.8. The van der Waals surface area contributed by atoms with E-state index in [4.69, 9.17) is 0 Å². The smallest absolute Gasteiger partial charge is 0.270 e. The minimum absolute atomic E-state index is 0.0293. The van der Waals surface area contributed by atoms with Crippen molar-refractivity contribution in [2.45, 2.75) is 26.3 Å². The van der Waals surface area contributed by atoms with Crippen LogP contribution < -0.4 is 0 Å². The van der Waals surface area contributed by atoms with Gasteiger partial charge in [0.05, 0.1) is 11.9 Å². The Labute approximate surface area is 140 Å². The van der Waals surface area contributed by atoms with Crippen LogP contribution >= 0.6 is 0 Å². The van der Waals surface area contributed by atoms with Gasteiger partial charge in [-0.1, -0.05) is 18.2 Å². The van der Waals surface area contributed by atoms with Crippen molar-refractivity contribution in [1.82, 2.24) is 9.13 Å². The van der Waals surface area contributed by atoms with E-state index in [9.17, 15) is 9.90 Å². The minimum atomic E-state index is -0.349. The van der Waals surface area contributed by atoms with Gasteiger partial charge in [0.2, 0.25) is 5.88 Å². The number of aromatic hydroxyl groups is 1. The van der Waals surface area contributed by atoms with Crippen LogP contribution in [0.25, 0.3) is 10.9 Å². The van der Waals surface area contributed by atoms with Crippen molar-refractivity contribution in [1.29, 1.82) is 0 Å². The second kappa shape index (κ2) is 6.31. The third-order valence-electron chi connectivity index (χ3n) is 4.02. The van der Waals surface area contributed by atoms with E-state index in [0.717, 1.165) is 16.6 Å². The predicted octanol–water partition coefficient (Wildman–Crippen LogP) is 4.12. The quantitative estimate of drug-likeness (QED) is 0.733. The first-order chi connectivity index (χ1) is 11.5. The summed E-state index contributed by atoms with van der Waals surface area (Å²) in [6.45, 7) is 3.96. The van der Waals surface area contributed by atoms with Gasteiger partial charge in [0.1, 0.15) is 0 Å². The molecule has 0 atom stereocenters. The van der Waals surface area contributed by atoms with E-state index in [0.29, 0.717) is 5.69 Å². The Kier molecular flexibility index (Phi) is 4.20. The summed E-state index contributed by atoms with van der Waals surface area (Å²) in [7, 11) is 1.88. The van der Waals surface area contributed by atoms with E-state index >= 15 is 0 Å². The van der Waals surface area contributed by atoms with Crippen molar-refractivity contribution < 1.29 is 9.90 Å². The van der Waals surface area contributed by atoms with Crippen molar-refractivity contribution in [3.8, 4) is 5.88 Å². The summed E-state index contributed by atoms with van der Waals surface area (Å²) in [5, 5.41) is 19.1. The Hall–Kier alpha value is -2.89. The number of hydrogen-bond donors (Lipinski definition) is 1. The molecule has 2 heterocycles. The number of amides is 1. The molecule has 0 radical (unpaired) electrons. The van der Waals surface area contributed by atoms with Gasteiger partial charge < -0.3 is 14.2 Å². The lowest BCUT2D eigenvalue weighted by atomic mass is 10.2. The topological polar surface area (TPSA) is 71.9 Å². The second-order valence-electron chi connectivity index (χ2n) is 6.03. The van der Waals surface area contributed by atoms with Crippen molar-refractivity contribution in [3.05, 3.63) is 48.3 Å². The number of carbonyl (C=O) groups excluding carboxylic acids is 1. The molecule has 1 amide bonds. The summed E-state index contributed by atoms with van der Waals surface area (Å²) in [5.74, 6) is -0.320. The molecule has 0 aliphatic rings. The molecule has 0 bridgehead atoms. The molecule has 0 unspecified atom stereocenters. The van der Waals surface area contributed by atoms with Gasteiger partial charge in [-0.3, -0.25) is 4.79 Å². The number of benzene rings is 1. The highest BCUT2D eigenvalue weighted by Crippen LogP contribution is 2.40. The molecule has 3 rings (SSSR count). The number of fused-ring (bicyclic) bond motifs is 1. The molecule has 0 spiro atoms. The zero-order chi connectivity index (χ0) is 17.3. The van der Waals surface area contributed by atoms with Crippen LogP contribution in [0.5, 0.6) is 5.88 Å². The Morgan fingerprint density at radius 2 is 1.96 bits per heavy atom. The lowest BCUT2D eigenvalue weighted by Gasteiger charge is -2.10. The van der Waals surface area contributed by atoms with Crippen molar-refractivity contribution in [2.24, 2.45) is 17.3 Å². The van der Waals surface area contributed by atoms with Gasteiger partial charge in [0, 0.05) is 30.4 Å². The van der Waals surface area contributed by atoms with Gasteiger partial charge in [0.25, 0.3) is 5.91 Å². The molecule has 0 saturated carbocycles. The van der Waals surface area contributed by atoms with Gasteiger partial charge in [-0.05, 0) is 32.0 Å². The SMILES string of the molecule is CC(C)n1c(O)c(N=NC(=O)Cc2cccn2C)c2ccccc21. The molecule has 6 nitrogen and oxygen atoms in total. The number of nitrogens with zero attached hydrogens (tertiary/aromatic N) is 4. The Balaban J connectivity index is 1.94. The minimum Gasteiger partial charge on any atom is -0.493 e. The fourth-order valence-corrected chi connectivity index (χ4v) is 2.83. The van der Waals surface area contributed by atoms with E-state index in [1.807, 2.05) is 68.1 Å². The third kappa shape index (κ3) is 2.82. The summed E-state index contributed by atoms with van der Waals surface area (Å²) in [6, 6.07) is 11.4. The molecular weight excluding hydrogens is 304 g/mol. The zero-order valence-electron chi connectivity index (χ0n) is 14.0. The standard InChI is InChI=1S/C18H20N4O2/c1-12(2)22-15-9-5-4-8-14(15)17(18(22)24)20-19-16(23)11-13-7-6-10-21(13)3/h4-10,12,24H,11H2,1-3H3. The highest BCUT2D eigenvalue weighted by molar-refractivity contribution is 5.95. The molecule has 1 aromatic carbocycles. The first-order valence-corrected chi connectivity index (χ1v) is 7.85. The van der Waals surface area contributed by atoms with Crippen LogP contribution in [0.1, 0.15) is 25.6 Å². The highest BCUT2D eigenvalue weighted by Gasteiger charge is 2.18. The van der Waals surface area contributed by atoms with E-state index in [1.165, 1.54) is 0 Å². The van der Waals surface area contributed by atoms with Gasteiger partial charge in [-0.15, -0.1) is 10.2 Å². The Morgan fingerprint density at radius 1 is 1.21 bits per heavy atom. The first-order valence-electron chi connectivity index (χ1n) is 7.85. The lowest BCUT2D eigenvalue weighted by Crippen LogP contribution is -2.02. The highest BCUT2D eigenvalue weighted by atomic mass is 16.3. The van der Waals surface area contributed by atoms with Crippen LogP contribution in [0.15, 0.2) is 52.8 Å². The number of hydrogen-bond acceptors (Lipinski definition) is 3. The average molecular weight is 324 g/mol. The van der Waals surface area contributed by atoms with E-state index < -0.39 is 0 Å². The van der Waals surface area contributed by atoms with Crippen molar-refractivity contribution >= 4 is 22.5 Å². The molecule has 0 saturated heterocycles. The number of rotatable bonds is 4. The maximum atomic E-state index is 12.1. The maximum Gasteiger partial charge on any atom is 0.270 e. The molecule has 1 N–H and O–H groups in total. The van der Waals surface area contributed by atoms with Crippen LogP contribution in [0, 0.1) is 0 Å². The Morgan fingerprint density at radius 3 is 2.62 bits per heavy atom. The number of azo groups is 1. The van der Waals surface area contributed by atoms with Crippen molar-refractivity contribution in [3.63, 3.8) is 0 Å². The van der Waals surface area contributed by atoms with Gasteiger partial charge in [-0.25, -0.2) is 0 Å². The monoisotopic (exact) mass is 324 g/mol. The molecule has 0 aliphatic heterocycles. The van der Waals surface area contributed by atoms with Gasteiger partial charge in [-0.2, -0.15) is 0 Å². The molecular formula is C18H20N4O2. The van der Waals surface area contributed by atoms with Gasteiger partial charge >= 0.3 is 0 Å². The van der Waals surface area contributed by atoms with E-state index in [-0.39, 0.29) is 24.2 Å². The maximum absolute atomic E-state index is 12.1. The summed E-state index contributed by atoms with van der Waals surface area (Å²) < 4.78 is 3.65. The van der Waals surface area contributed by atoms with Crippen LogP contribution in [0.3, 0.4) is 0 Å². The molecule has 24 heavy (non-hydrogen) atoms. The molecule has 6 heteroatoms. The average Bonchev–Trinajstić information content (AvgIpc) is 3.06. The number of aryl methyl sites for hydroxylation is 1. The molecule has 0 aliphatic carbocycles. The molecule has 3 aromatic rings. The summed E-state index contributed by atoms with van der Waals surface area (Å²) >= 11 is 0. The van der Waals surface area contributed by atoms with Crippen LogP contribution in [-0.4, -0.2) is 20.1 Å². The summed E-state index contributed by atoms with van der Waals surface area (Å²) in [4.78, 5) is 12.1. The van der Waals surface area contributed by atoms with Crippen LogP contribution in [0.4, 0.5) is 5.69 Å². The number of para-hydroxylation sites is 1. The van der Waals surface area contributed by atoms with Crippen LogP contribution in [0.2, 0.25) is 0 Å². The fourth-order valence-electron chi connectivity index (χ4n) is 2.83. The largest absolute Gasteiger partial charge is 0.493 e. The lowest BCUT2D eigenvalue weighted by molar-refractivity contribution is -0.117. The van der Waals surface area contributed by atoms with E-state index in [1.54, 1.807) is 4.57 Å². The fraction of sp³-hybridized carbons (Fsp3) is 0.278. The Bertz CT molecular complexity index is 918. The van der Waals surface area contributed by atoms with Crippen LogP contribution in [-0.2, 0) is 18.3 Å². The predicted molar refractivity (Wildman–Crippen MR) is 92.6 cm³/mol. The zero-order valence-corrected chi connectivity index (χ0v) is 14.0. The molecule has 124 valence electrons. The molecule has 2 aromatic heterocycles. The first kappa shape index (κ1) is 16.0. The van der Waals surface area contributed by atoms with Crippen molar-refractivity contribution in [2.75, 3.05) is 0 Å². The molecule has 0 fully saturated rings. The second-order valence-corrected chi connectivity index (χ2v) is 6.03. The summed E-state index contributed by atoms with van der Waals surface area (Å²) in [5.41, 5.74) is 2.07.